The number of likely N-dealkylation sites (tertiary alicyclic amines) is 1. The van der Waals surface area contributed by atoms with Gasteiger partial charge in [-0.2, -0.15) is 13.2 Å². The average molecular weight is 310 g/mol. The zero-order valence-electron chi connectivity index (χ0n) is 12.2. The lowest BCUT2D eigenvalue weighted by Crippen LogP contribution is -2.29. The summed E-state index contributed by atoms with van der Waals surface area (Å²) in [6.07, 6.45) is -0.893. The number of aromatic amines is 1. The van der Waals surface area contributed by atoms with Crippen LogP contribution in [-0.4, -0.2) is 30.0 Å². The van der Waals surface area contributed by atoms with Crippen LogP contribution in [0.25, 0.3) is 10.8 Å². The van der Waals surface area contributed by atoms with Crippen molar-refractivity contribution < 1.29 is 13.2 Å². The van der Waals surface area contributed by atoms with E-state index >= 15 is 0 Å². The van der Waals surface area contributed by atoms with Gasteiger partial charge in [-0.15, -0.1) is 0 Å². The van der Waals surface area contributed by atoms with E-state index in [2.05, 4.69) is 16.9 Å². The highest BCUT2D eigenvalue weighted by Crippen LogP contribution is 2.34. The van der Waals surface area contributed by atoms with Crippen LogP contribution in [0, 0.1) is 0 Å². The molecule has 6 heteroatoms. The molecule has 3 nitrogen and oxygen atoms in total. The zero-order chi connectivity index (χ0) is 15.9. The van der Waals surface area contributed by atoms with Crippen LogP contribution in [0.2, 0.25) is 0 Å². The molecule has 1 aliphatic heterocycles. The normalized spacial score (nSPS) is 18.0. The molecule has 0 saturated carbocycles. The highest BCUT2D eigenvalue weighted by atomic mass is 19.4. The van der Waals surface area contributed by atoms with Gasteiger partial charge in [-0.25, -0.2) is 0 Å². The Morgan fingerprint density at radius 2 is 1.86 bits per heavy atom. The number of hydrogen-bond acceptors (Lipinski definition) is 2. The SMILES string of the molecule is CN1CCC(c2c[nH]c(=O)c3cc(C(F)(F)F)ccc23)CC1. The number of nitrogens with one attached hydrogen (secondary N) is 1. The summed E-state index contributed by atoms with van der Waals surface area (Å²) < 4.78 is 38.5. The van der Waals surface area contributed by atoms with Crippen LogP contribution in [0.3, 0.4) is 0 Å². The molecule has 3 rings (SSSR count). The first kappa shape index (κ1) is 15.1. The molecule has 2 heterocycles. The lowest BCUT2D eigenvalue weighted by Gasteiger charge is -2.29. The molecule has 2 aromatic rings. The summed E-state index contributed by atoms with van der Waals surface area (Å²) in [5, 5.41) is 0.748. The van der Waals surface area contributed by atoms with Crippen molar-refractivity contribution >= 4 is 10.8 Å². The molecule has 1 aromatic carbocycles. The van der Waals surface area contributed by atoms with Gasteiger partial charge in [-0.1, -0.05) is 6.07 Å². The van der Waals surface area contributed by atoms with E-state index in [0.717, 1.165) is 43.6 Å². The number of nitrogens with zero attached hydrogens (tertiary/aromatic N) is 1. The molecule has 1 saturated heterocycles. The van der Waals surface area contributed by atoms with E-state index in [1.807, 2.05) is 0 Å². The second-order valence-electron chi connectivity index (χ2n) is 5.91. The van der Waals surface area contributed by atoms with Crippen LogP contribution in [0.5, 0.6) is 0 Å². The Morgan fingerprint density at radius 3 is 2.50 bits per heavy atom. The molecular weight excluding hydrogens is 293 g/mol. The predicted molar refractivity (Wildman–Crippen MR) is 79.0 cm³/mol. The number of piperidine rings is 1. The van der Waals surface area contributed by atoms with Crippen LogP contribution < -0.4 is 5.56 Å². The third kappa shape index (κ3) is 2.75. The second kappa shape index (κ2) is 5.43. The molecule has 118 valence electrons. The average Bonchev–Trinajstić information content (AvgIpc) is 2.48. The summed E-state index contributed by atoms with van der Waals surface area (Å²) in [5.41, 5.74) is -0.319. The second-order valence-corrected chi connectivity index (χ2v) is 5.91. The Labute approximate surface area is 125 Å². The first-order valence-corrected chi connectivity index (χ1v) is 7.27. The van der Waals surface area contributed by atoms with E-state index in [1.54, 1.807) is 6.20 Å². The Morgan fingerprint density at radius 1 is 1.18 bits per heavy atom. The summed E-state index contributed by atoms with van der Waals surface area (Å²) in [4.78, 5) is 16.7. The van der Waals surface area contributed by atoms with Crippen molar-refractivity contribution in [3.05, 3.63) is 45.9 Å². The molecule has 0 bridgehead atoms. The molecule has 1 N–H and O–H groups in total. The van der Waals surface area contributed by atoms with E-state index in [-0.39, 0.29) is 11.3 Å². The summed E-state index contributed by atoms with van der Waals surface area (Å²) in [6.45, 7) is 1.90. The molecular formula is C16H17F3N2O. The Bertz CT molecular complexity index is 743. The quantitative estimate of drug-likeness (QED) is 0.877. The number of benzene rings is 1. The molecule has 22 heavy (non-hydrogen) atoms. The molecule has 1 fully saturated rings. The van der Waals surface area contributed by atoms with Gasteiger partial charge in [-0.3, -0.25) is 4.79 Å². The van der Waals surface area contributed by atoms with Crippen molar-refractivity contribution in [1.29, 1.82) is 0 Å². The molecule has 0 aliphatic carbocycles. The molecule has 0 radical (unpaired) electrons. The number of alkyl halides is 3. The minimum atomic E-state index is -4.44. The first-order valence-electron chi connectivity index (χ1n) is 7.27. The van der Waals surface area contributed by atoms with Gasteiger partial charge in [0.1, 0.15) is 0 Å². The number of aromatic nitrogens is 1. The Hall–Kier alpha value is -1.82. The highest BCUT2D eigenvalue weighted by Gasteiger charge is 2.31. The summed E-state index contributed by atoms with van der Waals surface area (Å²) in [7, 11) is 2.05. The number of halogens is 3. The highest BCUT2D eigenvalue weighted by molar-refractivity contribution is 5.85. The van der Waals surface area contributed by atoms with Gasteiger partial charge in [0.25, 0.3) is 5.56 Å². The topological polar surface area (TPSA) is 36.1 Å². The van der Waals surface area contributed by atoms with Gasteiger partial charge >= 0.3 is 6.18 Å². The fourth-order valence-corrected chi connectivity index (χ4v) is 3.12. The van der Waals surface area contributed by atoms with Gasteiger partial charge in [0.2, 0.25) is 0 Å². The lowest BCUT2D eigenvalue weighted by atomic mass is 9.87. The van der Waals surface area contributed by atoms with E-state index in [1.165, 1.54) is 6.07 Å². The van der Waals surface area contributed by atoms with Crippen molar-refractivity contribution in [3.63, 3.8) is 0 Å². The van der Waals surface area contributed by atoms with Crippen molar-refractivity contribution in [2.75, 3.05) is 20.1 Å². The maximum absolute atomic E-state index is 12.8. The molecule has 0 spiro atoms. The molecule has 0 atom stereocenters. The smallest absolute Gasteiger partial charge is 0.328 e. The number of H-pyrrole nitrogens is 1. The Kier molecular flexibility index (Phi) is 3.72. The van der Waals surface area contributed by atoms with Crippen molar-refractivity contribution in [3.8, 4) is 0 Å². The molecule has 0 unspecified atom stereocenters. The summed E-state index contributed by atoms with van der Waals surface area (Å²) >= 11 is 0. The number of hydrogen-bond donors (Lipinski definition) is 1. The largest absolute Gasteiger partial charge is 0.416 e. The van der Waals surface area contributed by atoms with Crippen LogP contribution >= 0.6 is 0 Å². The van der Waals surface area contributed by atoms with Gasteiger partial charge < -0.3 is 9.88 Å². The molecule has 0 amide bonds. The van der Waals surface area contributed by atoms with E-state index < -0.39 is 17.3 Å². The van der Waals surface area contributed by atoms with Gasteiger partial charge in [-0.05, 0) is 62.0 Å². The molecule has 1 aromatic heterocycles. The maximum atomic E-state index is 12.8. The first-order chi connectivity index (χ1) is 10.4. The van der Waals surface area contributed by atoms with Gasteiger partial charge in [0.05, 0.1) is 5.56 Å². The van der Waals surface area contributed by atoms with Crippen molar-refractivity contribution in [1.82, 2.24) is 9.88 Å². The number of fused-ring (bicyclic) bond motifs is 1. The third-order valence-electron chi connectivity index (χ3n) is 4.42. The van der Waals surface area contributed by atoms with Gasteiger partial charge in [0.15, 0.2) is 0 Å². The third-order valence-corrected chi connectivity index (χ3v) is 4.42. The minimum Gasteiger partial charge on any atom is -0.328 e. The Balaban J connectivity index is 2.09. The minimum absolute atomic E-state index is 0.117. The van der Waals surface area contributed by atoms with Crippen molar-refractivity contribution in [2.24, 2.45) is 0 Å². The number of rotatable bonds is 1. The van der Waals surface area contributed by atoms with E-state index in [4.69, 9.17) is 0 Å². The zero-order valence-corrected chi connectivity index (χ0v) is 12.2. The molecule has 1 aliphatic rings. The van der Waals surface area contributed by atoms with E-state index in [0.29, 0.717) is 5.39 Å². The number of pyridine rings is 1. The maximum Gasteiger partial charge on any atom is 0.416 e. The van der Waals surface area contributed by atoms with Crippen LogP contribution in [0.15, 0.2) is 29.2 Å². The fraction of sp³-hybridized carbons (Fsp3) is 0.438. The van der Waals surface area contributed by atoms with Crippen molar-refractivity contribution in [2.45, 2.75) is 24.9 Å². The summed E-state index contributed by atoms with van der Waals surface area (Å²) in [6, 6.07) is 3.44. The van der Waals surface area contributed by atoms with Crippen LogP contribution in [0.1, 0.15) is 29.9 Å². The summed E-state index contributed by atoms with van der Waals surface area (Å²) in [5.74, 6) is 0.271. The van der Waals surface area contributed by atoms with Crippen LogP contribution in [0.4, 0.5) is 13.2 Å². The van der Waals surface area contributed by atoms with E-state index in [9.17, 15) is 18.0 Å². The predicted octanol–water partition coefficient (Wildman–Crippen LogP) is 3.36. The van der Waals surface area contributed by atoms with Crippen LogP contribution in [-0.2, 0) is 6.18 Å². The standard InChI is InChI=1S/C16H17F3N2O/c1-21-6-4-10(5-7-21)14-9-20-15(22)13-8-11(16(17,18)19)2-3-12(13)14/h2-3,8-10H,4-7H2,1H3,(H,20,22). The fourth-order valence-electron chi connectivity index (χ4n) is 3.12. The van der Waals surface area contributed by atoms with Gasteiger partial charge in [0, 0.05) is 11.6 Å². The monoisotopic (exact) mass is 310 g/mol. The lowest BCUT2D eigenvalue weighted by molar-refractivity contribution is -0.137.